The number of carbonyl (C=O) groups is 1. The molecule has 6 heteroatoms. The molecule has 0 saturated heterocycles. The van der Waals surface area contributed by atoms with E-state index >= 15 is 0 Å². The van der Waals surface area contributed by atoms with E-state index in [1.807, 2.05) is 25.3 Å². The minimum atomic E-state index is -0.144. The van der Waals surface area contributed by atoms with Crippen LogP contribution in [0.3, 0.4) is 0 Å². The number of hydrogen-bond acceptors (Lipinski definition) is 6. The van der Waals surface area contributed by atoms with Crippen LogP contribution in [0.1, 0.15) is 43.7 Å². The second-order valence-corrected chi connectivity index (χ2v) is 7.17. The van der Waals surface area contributed by atoms with Gasteiger partial charge in [-0.15, -0.1) is 0 Å². The molecule has 0 atom stereocenters. The standard InChI is InChI=1S/C20H28N2O3S/c1-2-25-19(23)10-9-16-7-5-8-17(12-16)14-24-11-4-3-6-18-13-22-20(21)26-15-18/h5,7-8,12-13H,2-4,6,9-11,14-15H2,1H3,(H2,21,22). The van der Waals surface area contributed by atoms with Crippen LogP contribution in [-0.4, -0.2) is 30.1 Å². The summed E-state index contributed by atoms with van der Waals surface area (Å²) in [5.41, 5.74) is 9.26. The van der Waals surface area contributed by atoms with Gasteiger partial charge in [0.25, 0.3) is 0 Å². The van der Waals surface area contributed by atoms with Gasteiger partial charge in [0.1, 0.15) is 0 Å². The van der Waals surface area contributed by atoms with E-state index in [1.54, 1.807) is 11.8 Å². The Hall–Kier alpha value is -1.79. The van der Waals surface area contributed by atoms with E-state index < -0.39 is 0 Å². The van der Waals surface area contributed by atoms with E-state index in [0.29, 0.717) is 31.2 Å². The van der Waals surface area contributed by atoms with Gasteiger partial charge in [-0.25, -0.2) is 4.99 Å². The van der Waals surface area contributed by atoms with Crippen LogP contribution in [0.15, 0.2) is 41.0 Å². The second-order valence-electron chi connectivity index (χ2n) is 6.18. The van der Waals surface area contributed by atoms with Crippen molar-refractivity contribution in [3.63, 3.8) is 0 Å². The number of unbranched alkanes of at least 4 members (excludes halogenated alkanes) is 1. The summed E-state index contributed by atoms with van der Waals surface area (Å²) in [7, 11) is 0. The largest absolute Gasteiger partial charge is 0.466 e. The van der Waals surface area contributed by atoms with Gasteiger partial charge in [0.15, 0.2) is 5.17 Å². The van der Waals surface area contributed by atoms with Crippen molar-refractivity contribution < 1.29 is 14.3 Å². The third-order valence-electron chi connectivity index (χ3n) is 4.00. The fraction of sp³-hybridized carbons (Fsp3) is 0.500. The van der Waals surface area contributed by atoms with Gasteiger partial charge in [-0.2, -0.15) is 0 Å². The summed E-state index contributed by atoms with van der Waals surface area (Å²) in [5, 5.41) is 0.654. The van der Waals surface area contributed by atoms with Crippen LogP contribution in [-0.2, 0) is 27.3 Å². The van der Waals surface area contributed by atoms with E-state index in [4.69, 9.17) is 15.2 Å². The molecule has 0 unspecified atom stereocenters. The summed E-state index contributed by atoms with van der Waals surface area (Å²) in [6, 6.07) is 8.21. The molecule has 1 aromatic rings. The summed E-state index contributed by atoms with van der Waals surface area (Å²) in [4.78, 5) is 15.6. The summed E-state index contributed by atoms with van der Waals surface area (Å²) in [5.74, 6) is 0.809. The van der Waals surface area contributed by atoms with Crippen LogP contribution in [0.5, 0.6) is 0 Å². The van der Waals surface area contributed by atoms with Crippen molar-refractivity contribution in [1.29, 1.82) is 0 Å². The molecule has 142 valence electrons. The molecule has 2 rings (SSSR count). The lowest BCUT2D eigenvalue weighted by Crippen LogP contribution is -2.10. The Morgan fingerprint density at radius 1 is 1.27 bits per heavy atom. The van der Waals surface area contributed by atoms with Crippen LogP contribution in [0.25, 0.3) is 0 Å². The highest BCUT2D eigenvalue weighted by Crippen LogP contribution is 2.18. The van der Waals surface area contributed by atoms with E-state index in [0.717, 1.165) is 42.7 Å². The fourth-order valence-electron chi connectivity index (χ4n) is 2.63. The van der Waals surface area contributed by atoms with Crippen LogP contribution < -0.4 is 5.73 Å². The molecule has 1 aromatic carbocycles. The van der Waals surface area contributed by atoms with Crippen LogP contribution in [0, 0.1) is 0 Å². The average Bonchev–Trinajstić information content (AvgIpc) is 2.65. The molecular weight excluding hydrogens is 348 g/mol. The normalized spacial score (nSPS) is 13.9. The lowest BCUT2D eigenvalue weighted by molar-refractivity contribution is -0.143. The molecule has 0 saturated carbocycles. The Morgan fingerprint density at radius 3 is 2.88 bits per heavy atom. The second kappa shape index (κ2) is 11.8. The Labute approximate surface area is 160 Å². The maximum absolute atomic E-state index is 11.4. The topological polar surface area (TPSA) is 73.9 Å². The Balaban J connectivity index is 1.60. The molecule has 0 amide bonds. The van der Waals surface area contributed by atoms with Crippen molar-refractivity contribution >= 4 is 22.9 Å². The molecule has 1 heterocycles. The third-order valence-corrected chi connectivity index (χ3v) is 4.92. The molecule has 1 aliphatic rings. The number of hydrogen-bond donors (Lipinski definition) is 1. The average molecular weight is 377 g/mol. The summed E-state index contributed by atoms with van der Waals surface area (Å²) >= 11 is 1.60. The van der Waals surface area contributed by atoms with Gasteiger partial charge in [-0.3, -0.25) is 4.79 Å². The van der Waals surface area contributed by atoms with Crippen molar-refractivity contribution in [3.8, 4) is 0 Å². The number of nitrogens with zero attached hydrogens (tertiary/aromatic N) is 1. The highest BCUT2D eigenvalue weighted by atomic mass is 32.2. The monoisotopic (exact) mass is 376 g/mol. The van der Waals surface area contributed by atoms with Gasteiger partial charge < -0.3 is 15.2 Å². The van der Waals surface area contributed by atoms with E-state index in [-0.39, 0.29) is 5.97 Å². The van der Waals surface area contributed by atoms with Crippen molar-refractivity contribution in [2.75, 3.05) is 19.0 Å². The van der Waals surface area contributed by atoms with Gasteiger partial charge in [0.05, 0.1) is 13.2 Å². The first kappa shape index (κ1) is 20.5. The van der Waals surface area contributed by atoms with Crippen LogP contribution >= 0.6 is 11.8 Å². The predicted molar refractivity (Wildman–Crippen MR) is 107 cm³/mol. The number of nitrogens with two attached hydrogens (primary N) is 1. The minimum absolute atomic E-state index is 0.144. The maximum atomic E-state index is 11.4. The minimum Gasteiger partial charge on any atom is -0.466 e. The lowest BCUT2D eigenvalue weighted by atomic mass is 10.1. The number of ether oxygens (including phenoxy) is 2. The first-order valence-corrected chi connectivity index (χ1v) is 10.1. The zero-order valence-corrected chi connectivity index (χ0v) is 16.2. The first-order valence-electron chi connectivity index (χ1n) is 9.12. The Bertz CT molecular complexity index is 644. The van der Waals surface area contributed by atoms with Crippen molar-refractivity contribution in [2.45, 2.75) is 45.6 Å². The number of benzene rings is 1. The first-order chi connectivity index (χ1) is 12.7. The number of esters is 1. The van der Waals surface area contributed by atoms with E-state index in [2.05, 4.69) is 17.1 Å². The zero-order chi connectivity index (χ0) is 18.6. The highest BCUT2D eigenvalue weighted by molar-refractivity contribution is 8.14. The van der Waals surface area contributed by atoms with Gasteiger partial charge >= 0.3 is 5.97 Å². The lowest BCUT2D eigenvalue weighted by Gasteiger charge is -2.10. The quantitative estimate of drug-likeness (QED) is 0.469. The molecule has 1 aliphatic heterocycles. The van der Waals surface area contributed by atoms with Crippen LogP contribution in [0.2, 0.25) is 0 Å². The Morgan fingerprint density at radius 2 is 2.12 bits per heavy atom. The van der Waals surface area contributed by atoms with Crippen molar-refractivity contribution in [2.24, 2.45) is 10.7 Å². The number of carbonyl (C=O) groups excluding carboxylic acids is 1. The Kier molecular flexibility index (Phi) is 9.28. The molecule has 0 fully saturated rings. The third kappa shape index (κ3) is 8.06. The molecular formula is C20H28N2O3S. The molecule has 2 N–H and O–H groups in total. The number of amidine groups is 1. The zero-order valence-electron chi connectivity index (χ0n) is 15.4. The summed E-state index contributed by atoms with van der Waals surface area (Å²) in [6.45, 7) is 3.61. The predicted octanol–water partition coefficient (Wildman–Crippen LogP) is 3.81. The molecule has 0 radical (unpaired) electrons. The molecule has 0 aromatic heterocycles. The smallest absolute Gasteiger partial charge is 0.306 e. The number of aliphatic imine (C=N–C) groups is 1. The summed E-state index contributed by atoms with van der Waals surface area (Å²) in [6.07, 6.45) is 6.20. The molecule has 26 heavy (non-hydrogen) atoms. The van der Waals surface area contributed by atoms with Crippen molar-refractivity contribution in [1.82, 2.24) is 0 Å². The van der Waals surface area contributed by atoms with Gasteiger partial charge in [-0.05, 0) is 49.3 Å². The van der Waals surface area contributed by atoms with Gasteiger partial charge in [-0.1, -0.05) is 36.0 Å². The van der Waals surface area contributed by atoms with Gasteiger partial charge in [0.2, 0.25) is 0 Å². The number of aryl methyl sites for hydroxylation is 1. The summed E-state index contributed by atoms with van der Waals surface area (Å²) < 4.78 is 10.7. The van der Waals surface area contributed by atoms with E-state index in [1.165, 1.54) is 5.57 Å². The fourth-order valence-corrected chi connectivity index (χ4v) is 3.31. The molecule has 0 aliphatic carbocycles. The highest BCUT2D eigenvalue weighted by Gasteiger charge is 2.06. The maximum Gasteiger partial charge on any atom is 0.306 e. The van der Waals surface area contributed by atoms with Crippen molar-refractivity contribution in [3.05, 3.63) is 47.2 Å². The SMILES string of the molecule is CCOC(=O)CCc1cccc(COCCCCC2=CN=C(N)SC2)c1. The number of rotatable bonds is 11. The van der Waals surface area contributed by atoms with Gasteiger partial charge in [0, 0.05) is 25.0 Å². The molecule has 0 bridgehead atoms. The van der Waals surface area contributed by atoms with Crippen LogP contribution in [0.4, 0.5) is 0 Å². The molecule has 5 nitrogen and oxygen atoms in total. The molecule has 0 spiro atoms. The number of thioether (sulfide) groups is 1. The van der Waals surface area contributed by atoms with E-state index in [9.17, 15) is 4.79 Å².